The third-order valence-electron chi connectivity index (χ3n) is 9.79. The van der Waals surface area contributed by atoms with E-state index in [1.807, 2.05) is 0 Å². The van der Waals surface area contributed by atoms with E-state index >= 15 is 0 Å². The molecule has 0 aromatic heterocycles. The summed E-state index contributed by atoms with van der Waals surface area (Å²) in [5.74, 6) is 0. The minimum absolute atomic E-state index is 0.307. The van der Waals surface area contributed by atoms with Crippen molar-refractivity contribution in [1.82, 2.24) is 0 Å². The van der Waals surface area contributed by atoms with Crippen LogP contribution in [0, 0.1) is 0 Å². The third-order valence-corrected chi connectivity index (χ3v) is 22.1. The second kappa shape index (κ2) is 17.3. The Morgan fingerprint density at radius 2 is 0.838 bits per heavy atom. The van der Waals surface area contributed by atoms with Gasteiger partial charge >= 0.3 is 10.0 Å². The topological polar surface area (TPSA) is 18.5 Å². The second-order valence-electron chi connectivity index (χ2n) is 13.6. The first kappa shape index (κ1) is 33.7. The van der Waals surface area contributed by atoms with Gasteiger partial charge in [-0.1, -0.05) is 53.4 Å². The van der Waals surface area contributed by atoms with Gasteiger partial charge in [-0.2, -0.15) is 0 Å². The van der Waals surface area contributed by atoms with E-state index in [2.05, 4.69) is 41.8 Å². The summed E-state index contributed by atoms with van der Waals surface area (Å²) in [6, 6.07) is 8.01. The van der Waals surface area contributed by atoms with Gasteiger partial charge in [-0.25, -0.2) is 0 Å². The number of likely N-dealkylation sites (tertiary alicyclic amines) is 2. The molecule has 0 amide bonds. The molecule has 7 heteroatoms. The molecule has 2 rings (SSSR count). The van der Waals surface area contributed by atoms with Crippen LogP contribution in [-0.4, -0.2) is 89.0 Å². The molecule has 2 aliphatic rings. The van der Waals surface area contributed by atoms with Crippen LogP contribution in [0.5, 0.6) is 0 Å². The standard InChI is InChI=1S/C30H66N2O2Si3/c1-7-25-36(26-8-2,29-17-23-31(5)19-13-11-14-20-31)33-35-34-37(27-9-3,28-10-4)30-18-24-32(6)21-15-12-16-22-32/h7-30H2,1-6H3/q+2. The van der Waals surface area contributed by atoms with E-state index in [1.54, 1.807) is 0 Å². The molecule has 2 heterocycles. The molecule has 0 aliphatic carbocycles. The molecule has 37 heavy (non-hydrogen) atoms. The van der Waals surface area contributed by atoms with E-state index in [0.29, 0.717) is 10.0 Å². The first-order chi connectivity index (χ1) is 17.8. The zero-order valence-corrected chi connectivity index (χ0v) is 29.2. The molecule has 218 valence electrons. The van der Waals surface area contributed by atoms with Crippen molar-refractivity contribution in [1.29, 1.82) is 0 Å². The monoisotopic (exact) mass is 570 g/mol. The Balaban J connectivity index is 1.97. The van der Waals surface area contributed by atoms with Crippen molar-refractivity contribution in [3.05, 3.63) is 0 Å². The van der Waals surface area contributed by atoms with E-state index in [0.717, 1.165) is 0 Å². The summed E-state index contributed by atoms with van der Waals surface area (Å²) in [4.78, 5) is 0. The van der Waals surface area contributed by atoms with E-state index in [-0.39, 0.29) is 0 Å². The summed E-state index contributed by atoms with van der Waals surface area (Å²) in [6.07, 6.45) is 16.4. The lowest BCUT2D eigenvalue weighted by molar-refractivity contribution is -0.914. The second-order valence-corrected chi connectivity index (χ2v) is 23.1. The maximum absolute atomic E-state index is 7.07. The highest BCUT2D eigenvalue weighted by Crippen LogP contribution is 2.32. The first-order valence-corrected chi connectivity index (χ1v) is 22.4. The SMILES string of the molecule is CCC[Si](CCC)(CCC[N+]1(C)CCCCC1)O[Si]O[Si](CCC)(CCC)CCC[N+]1(C)CCCCC1. The van der Waals surface area contributed by atoms with Crippen molar-refractivity contribution in [2.75, 3.05) is 53.4 Å². The highest BCUT2D eigenvalue weighted by molar-refractivity contribution is 6.80. The van der Waals surface area contributed by atoms with Crippen LogP contribution < -0.4 is 0 Å². The predicted octanol–water partition coefficient (Wildman–Crippen LogP) is 8.13. The van der Waals surface area contributed by atoms with Crippen LogP contribution >= 0.6 is 0 Å². The molecule has 0 aromatic rings. The molecule has 0 atom stereocenters. The van der Waals surface area contributed by atoms with Crippen molar-refractivity contribution in [2.45, 2.75) is 141 Å². The van der Waals surface area contributed by atoms with Gasteiger partial charge in [0, 0.05) is 0 Å². The number of piperidine rings is 2. The predicted molar refractivity (Wildman–Crippen MR) is 168 cm³/mol. The lowest BCUT2D eigenvalue weighted by Gasteiger charge is -2.40. The summed E-state index contributed by atoms with van der Waals surface area (Å²) >= 11 is 0. The molecular weight excluding hydrogens is 505 g/mol. The Kier molecular flexibility index (Phi) is 15.8. The first-order valence-electron chi connectivity index (χ1n) is 16.6. The Bertz CT molecular complexity index is 533. The fourth-order valence-corrected chi connectivity index (χ4v) is 18.8. The van der Waals surface area contributed by atoms with Gasteiger partial charge in [0.1, 0.15) is 0 Å². The average molecular weight is 571 g/mol. The smallest absolute Gasteiger partial charge is 0.410 e. The number of nitrogens with zero attached hydrogens (tertiary/aromatic N) is 2. The maximum Gasteiger partial charge on any atom is 0.410 e. The average Bonchev–Trinajstić information content (AvgIpc) is 2.85. The largest absolute Gasteiger partial charge is 0.434 e. The van der Waals surface area contributed by atoms with Gasteiger partial charge in [-0.05, 0) is 87.6 Å². The number of quaternary nitrogens is 2. The fraction of sp³-hybridized carbons (Fsp3) is 1.00. The van der Waals surface area contributed by atoms with E-state index in [4.69, 9.17) is 8.23 Å². The zero-order valence-electron chi connectivity index (χ0n) is 26.2. The van der Waals surface area contributed by atoms with Crippen molar-refractivity contribution < 1.29 is 17.2 Å². The molecule has 0 spiro atoms. The van der Waals surface area contributed by atoms with Crippen LogP contribution in [0.15, 0.2) is 0 Å². The molecule has 4 nitrogen and oxygen atoms in total. The molecular formula is C30H66N2O2Si3+2. The summed E-state index contributed by atoms with van der Waals surface area (Å²) in [6.45, 7) is 17.8. The van der Waals surface area contributed by atoms with Gasteiger partial charge in [0.15, 0.2) is 16.6 Å². The highest BCUT2D eigenvalue weighted by Gasteiger charge is 2.38. The van der Waals surface area contributed by atoms with Gasteiger partial charge in [0.2, 0.25) is 0 Å². The fourth-order valence-electron chi connectivity index (χ4n) is 7.64. The van der Waals surface area contributed by atoms with Crippen molar-refractivity contribution in [3.8, 4) is 0 Å². The van der Waals surface area contributed by atoms with Crippen LogP contribution in [0.1, 0.15) is 105 Å². The molecule has 0 unspecified atom stereocenters. The van der Waals surface area contributed by atoms with E-state index in [1.165, 1.54) is 162 Å². The van der Waals surface area contributed by atoms with Crippen molar-refractivity contribution in [2.24, 2.45) is 0 Å². The van der Waals surface area contributed by atoms with Crippen LogP contribution in [0.3, 0.4) is 0 Å². The van der Waals surface area contributed by atoms with Gasteiger partial charge in [0.05, 0.1) is 53.4 Å². The summed E-state index contributed by atoms with van der Waals surface area (Å²) in [7, 11) is 1.86. The van der Waals surface area contributed by atoms with Gasteiger partial charge in [-0.3, -0.25) is 0 Å². The molecule has 2 radical (unpaired) electrons. The molecule has 0 aromatic carbocycles. The summed E-state index contributed by atoms with van der Waals surface area (Å²) < 4.78 is 16.7. The highest BCUT2D eigenvalue weighted by atomic mass is 28.4. The Morgan fingerprint density at radius 1 is 0.514 bits per heavy atom. The Hall–Kier alpha value is 0.491. The third kappa shape index (κ3) is 11.9. The van der Waals surface area contributed by atoms with E-state index < -0.39 is 16.6 Å². The van der Waals surface area contributed by atoms with E-state index in [9.17, 15) is 0 Å². The summed E-state index contributed by atoms with van der Waals surface area (Å²) in [5.41, 5.74) is 0. The van der Waals surface area contributed by atoms with Crippen molar-refractivity contribution >= 4 is 26.6 Å². The normalized spacial score (nSPS) is 20.3. The van der Waals surface area contributed by atoms with Gasteiger partial charge < -0.3 is 17.2 Å². The molecule has 0 N–H and O–H groups in total. The van der Waals surface area contributed by atoms with Gasteiger partial charge in [0.25, 0.3) is 0 Å². The van der Waals surface area contributed by atoms with Crippen LogP contribution in [0.25, 0.3) is 0 Å². The Labute approximate surface area is 237 Å². The quantitative estimate of drug-likeness (QED) is 0.109. The molecule has 2 aliphatic heterocycles. The van der Waals surface area contributed by atoms with Crippen molar-refractivity contribution in [3.63, 3.8) is 0 Å². The number of rotatable bonds is 20. The molecule has 0 bridgehead atoms. The van der Waals surface area contributed by atoms with Crippen LogP contribution in [0.4, 0.5) is 0 Å². The van der Waals surface area contributed by atoms with Crippen LogP contribution in [0.2, 0.25) is 36.3 Å². The molecule has 2 fully saturated rings. The minimum Gasteiger partial charge on any atom is -0.434 e. The lowest BCUT2D eigenvalue weighted by atomic mass is 10.1. The minimum atomic E-state index is -1.73. The van der Waals surface area contributed by atoms with Gasteiger partial charge in [-0.15, -0.1) is 0 Å². The maximum atomic E-state index is 7.07. The van der Waals surface area contributed by atoms with Crippen LogP contribution in [-0.2, 0) is 8.23 Å². The zero-order chi connectivity index (χ0) is 27.1. The lowest BCUT2D eigenvalue weighted by Crippen LogP contribution is -2.50. The number of hydrogen-bond acceptors (Lipinski definition) is 2. The molecule has 2 saturated heterocycles. The Morgan fingerprint density at radius 3 is 1.14 bits per heavy atom. The summed E-state index contributed by atoms with van der Waals surface area (Å²) in [5, 5.41) is 0. The molecule has 0 saturated carbocycles. The number of hydrogen-bond donors (Lipinski definition) is 0.